The van der Waals surface area contributed by atoms with Crippen molar-refractivity contribution in [3.8, 4) is 11.1 Å². The van der Waals surface area contributed by atoms with E-state index in [4.69, 9.17) is 4.18 Å². The first-order chi connectivity index (χ1) is 11.2. The molecule has 2 rings (SSSR count). The van der Waals surface area contributed by atoms with Gasteiger partial charge in [0.1, 0.15) is 4.90 Å². The van der Waals surface area contributed by atoms with Crippen LogP contribution in [0.1, 0.15) is 38.8 Å². The summed E-state index contributed by atoms with van der Waals surface area (Å²) in [6.45, 7) is 9.60. The number of hydrogen-bond acceptors (Lipinski definition) is 3. The predicted molar refractivity (Wildman–Crippen MR) is 98.6 cm³/mol. The molecule has 3 nitrogen and oxygen atoms in total. The Hall–Kier alpha value is -1.65. The lowest BCUT2D eigenvalue weighted by atomic mass is 9.98. The van der Waals surface area contributed by atoms with Crippen LogP contribution in [0.5, 0.6) is 0 Å². The van der Waals surface area contributed by atoms with Crippen LogP contribution in [0.4, 0.5) is 0 Å². The molecule has 0 fully saturated rings. The molecule has 0 bridgehead atoms. The van der Waals surface area contributed by atoms with Gasteiger partial charge in [-0.3, -0.25) is 4.18 Å². The second kappa shape index (κ2) is 7.49. The number of aryl methyl sites for hydroxylation is 1. The van der Waals surface area contributed by atoms with Crippen LogP contribution in [0.25, 0.3) is 11.1 Å². The number of benzene rings is 2. The van der Waals surface area contributed by atoms with E-state index in [0.717, 1.165) is 12.0 Å². The molecular formula is C20H26O3S. The Balaban J connectivity index is 2.50. The van der Waals surface area contributed by atoms with Crippen molar-refractivity contribution in [2.75, 3.05) is 0 Å². The average molecular weight is 346 g/mol. The van der Waals surface area contributed by atoms with Gasteiger partial charge in [-0.05, 0) is 49.8 Å². The van der Waals surface area contributed by atoms with Crippen molar-refractivity contribution in [1.29, 1.82) is 0 Å². The molecule has 0 amide bonds. The highest BCUT2D eigenvalue weighted by molar-refractivity contribution is 7.87. The fourth-order valence-corrected chi connectivity index (χ4v) is 4.33. The predicted octanol–water partition coefficient (Wildman–Crippen LogP) is 4.97. The SMILES string of the molecule is Cc1cccc(-c2ccc(CC(C)C)cc2)c1S(=O)(=O)OC(C)C. The van der Waals surface area contributed by atoms with E-state index in [1.807, 2.05) is 24.3 Å². The maximum atomic E-state index is 12.6. The van der Waals surface area contributed by atoms with Crippen molar-refractivity contribution >= 4 is 10.1 Å². The summed E-state index contributed by atoms with van der Waals surface area (Å²) in [5.41, 5.74) is 3.52. The summed E-state index contributed by atoms with van der Waals surface area (Å²) < 4.78 is 30.5. The summed E-state index contributed by atoms with van der Waals surface area (Å²) in [7, 11) is -3.80. The van der Waals surface area contributed by atoms with Gasteiger partial charge in [-0.15, -0.1) is 0 Å². The zero-order chi connectivity index (χ0) is 17.9. The van der Waals surface area contributed by atoms with Crippen molar-refractivity contribution in [2.24, 2.45) is 5.92 Å². The Morgan fingerprint density at radius 3 is 2.12 bits per heavy atom. The molecule has 2 aromatic carbocycles. The van der Waals surface area contributed by atoms with E-state index in [1.54, 1.807) is 26.8 Å². The van der Waals surface area contributed by atoms with E-state index in [0.29, 0.717) is 17.0 Å². The van der Waals surface area contributed by atoms with Gasteiger partial charge in [0.15, 0.2) is 0 Å². The molecule has 0 aliphatic rings. The summed E-state index contributed by atoms with van der Waals surface area (Å²) in [4.78, 5) is 0.260. The zero-order valence-corrected chi connectivity index (χ0v) is 15.9. The monoisotopic (exact) mass is 346 g/mol. The van der Waals surface area contributed by atoms with Crippen molar-refractivity contribution < 1.29 is 12.6 Å². The largest absolute Gasteiger partial charge is 0.298 e. The van der Waals surface area contributed by atoms with E-state index in [-0.39, 0.29) is 4.90 Å². The molecular weight excluding hydrogens is 320 g/mol. The molecule has 0 unspecified atom stereocenters. The molecule has 0 heterocycles. The lowest BCUT2D eigenvalue weighted by molar-refractivity contribution is 0.249. The van der Waals surface area contributed by atoms with E-state index < -0.39 is 16.2 Å². The third-order valence-corrected chi connectivity index (χ3v) is 5.37. The van der Waals surface area contributed by atoms with Crippen molar-refractivity contribution in [3.63, 3.8) is 0 Å². The van der Waals surface area contributed by atoms with Gasteiger partial charge in [-0.2, -0.15) is 8.42 Å². The van der Waals surface area contributed by atoms with Crippen molar-refractivity contribution in [3.05, 3.63) is 53.6 Å². The zero-order valence-electron chi connectivity index (χ0n) is 15.0. The van der Waals surface area contributed by atoms with E-state index >= 15 is 0 Å². The minimum Gasteiger partial charge on any atom is -0.264 e. The first-order valence-electron chi connectivity index (χ1n) is 8.33. The second-order valence-electron chi connectivity index (χ2n) is 6.85. The smallest absolute Gasteiger partial charge is 0.264 e. The molecule has 130 valence electrons. The Morgan fingerprint density at radius 2 is 1.58 bits per heavy atom. The minimum atomic E-state index is -3.80. The van der Waals surface area contributed by atoms with Gasteiger partial charge in [-0.25, -0.2) is 0 Å². The van der Waals surface area contributed by atoms with Gasteiger partial charge < -0.3 is 0 Å². The van der Waals surface area contributed by atoms with Crippen LogP contribution in [-0.4, -0.2) is 14.5 Å². The van der Waals surface area contributed by atoms with Crippen LogP contribution in [0.2, 0.25) is 0 Å². The highest BCUT2D eigenvalue weighted by Gasteiger charge is 2.24. The fraction of sp³-hybridized carbons (Fsp3) is 0.400. The third-order valence-electron chi connectivity index (χ3n) is 3.69. The molecule has 0 saturated heterocycles. The summed E-state index contributed by atoms with van der Waals surface area (Å²) in [6.07, 6.45) is 0.617. The van der Waals surface area contributed by atoms with Gasteiger partial charge in [0, 0.05) is 5.56 Å². The summed E-state index contributed by atoms with van der Waals surface area (Å²) in [5, 5.41) is 0. The lowest BCUT2D eigenvalue weighted by Gasteiger charge is -2.15. The first-order valence-corrected chi connectivity index (χ1v) is 9.73. The summed E-state index contributed by atoms with van der Waals surface area (Å²) in [6, 6.07) is 13.6. The summed E-state index contributed by atoms with van der Waals surface area (Å²) >= 11 is 0. The topological polar surface area (TPSA) is 43.4 Å². The molecule has 0 aliphatic carbocycles. The van der Waals surface area contributed by atoms with Gasteiger partial charge >= 0.3 is 0 Å². The van der Waals surface area contributed by atoms with E-state index in [9.17, 15) is 8.42 Å². The minimum absolute atomic E-state index is 0.260. The van der Waals surface area contributed by atoms with Crippen molar-refractivity contribution in [2.45, 2.75) is 52.0 Å². The Labute approximate surface area is 145 Å². The Morgan fingerprint density at radius 1 is 0.958 bits per heavy atom. The molecule has 0 atom stereocenters. The molecule has 0 radical (unpaired) electrons. The maximum absolute atomic E-state index is 12.6. The molecule has 4 heteroatoms. The molecule has 24 heavy (non-hydrogen) atoms. The quantitative estimate of drug-likeness (QED) is 0.693. The molecule has 0 aromatic heterocycles. The molecule has 0 aliphatic heterocycles. The third kappa shape index (κ3) is 4.46. The standard InChI is InChI=1S/C20H26O3S/c1-14(2)13-17-9-11-18(12-10-17)19-8-6-7-16(5)20(19)24(21,22)23-15(3)4/h6-12,14-15H,13H2,1-5H3. The van der Waals surface area contributed by atoms with Gasteiger partial charge in [0.25, 0.3) is 10.1 Å². The number of hydrogen-bond donors (Lipinski definition) is 0. The second-order valence-corrected chi connectivity index (χ2v) is 8.35. The molecule has 0 N–H and O–H groups in total. The Bertz CT molecular complexity index is 788. The molecule has 0 saturated carbocycles. The van der Waals surface area contributed by atoms with Crippen LogP contribution in [0, 0.1) is 12.8 Å². The van der Waals surface area contributed by atoms with Crippen LogP contribution in [0.3, 0.4) is 0 Å². The van der Waals surface area contributed by atoms with Gasteiger partial charge in [0.2, 0.25) is 0 Å². The number of rotatable bonds is 6. The van der Waals surface area contributed by atoms with Crippen LogP contribution in [-0.2, 0) is 20.7 Å². The lowest BCUT2D eigenvalue weighted by Crippen LogP contribution is -2.14. The van der Waals surface area contributed by atoms with Crippen LogP contribution >= 0.6 is 0 Å². The van der Waals surface area contributed by atoms with Crippen LogP contribution in [0.15, 0.2) is 47.4 Å². The fourth-order valence-electron chi connectivity index (χ4n) is 2.80. The highest BCUT2D eigenvalue weighted by Crippen LogP contribution is 2.32. The highest BCUT2D eigenvalue weighted by atomic mass is 32.2. The van der Waals surface area contributed by atoms with Gasteiger partial charge in [-0.1, -0.05) is 56.3 Å². The molecule has 2 aromatic rings. The van der Waals surface area contributed by atoms with Crippen molar-refractivity contribution in [1.82, 2.24) is 0 Å². The van der Waals surface area contributed by atoms with Crippen LogP contribution < -0.4 is 0 Å². The normalized spacial score (nSPS) is 12.1. The average Bonchev–Trinajstić information content (AvgIpc) is 2.45. The maximum Gasteiger partial charge on any atom is 0.298 e. The van der Waals surface area contributed by atoms with E-state index in [1.165, 1.54) is 5.56 Å². The Kier molecular flexibility index (Phi) is 5.83. The van der Waals surface area contributed by atoms with Gasteiger partial charge in [0.05, 0.1) is 6.10 Å². The molecule has 0 spiro atoms. The summed E-state index contributed by atoms with van der Waals surface area (Å²) in [5.74, 6) is 0.588. The first kappa shape index (κ1) is 18.7. The van der Waals surface area contributed by atoms with E-state index in [2.05, 4.69) is 26.0 Å².